The van der Waals surface area contributed by atoms with Crippen LogP contribution in [0.2, 0.25) is 0 Å². The first-order valence-corrected chi connectivity index (χ1v) is 11.6. The molecule has 0 aliphatic carbocycles. The number of sulfonamides is 1. The number of hydrogen-bond acceptors (Lipinski definition) is 7. The molecule has 0 saturated heterocycles. The van der Waals surface area contributed by atoms with Crippen LogP contribution < -0.4 is 10.1 Å². The molecule has 0 spiro atoms. The van der Waals surface area contributed by atoms with E-state index in [1.165, 1.54) is 26.4 Å². The van der Waals surface area contributed by atoms with Crippen molar-refractivity contribution in [1.29, 1.82) is 0 Å². The van der Waals surface area contributed by atoms with Crippen LogP contribution in [0.5, 0.6) is 0 Å². The van der Waals surface area contributed by atoms with Crippen molar-refractivity contribution in [3.05, 3.63) is 77.8 Å². The fraction of sp³-hybridized carbons (Fsp3) is 0.182. The van der Waals surface area contributed by atoms with E-state index in [0.717, 1.165) is 21.7 Å². The largest absolute Gasteiger partial charge is 0.481 e. The first kappa shape index (κ1) is 25.5. The third-order valence-corrected chi connectivity index (χ3v) is 5.55. The molecule has 13 heteroatoms. The fourth-order valence-electron chi connectivity index (χ4n) is 2.94. The van der Waals surface area contributed by atoms with Gasteiger partial charge in [-0.15, -0.1) is 10.2 Å². The molecule has 1 amide bonds. The lowest BCUT2D eigenvalue weighted by molar-refractivity contribution is 0.0607. The SMILES string of the molecule is COC1=CC(OC)=NN(C(=O)c2ccc3cc(C)[nH]c3c2)N1.O=S(=O)(Nc1ccccc1)C(F)F. The van der Waals surface area contributed by atoms with Crippen LogP contribution in [0.1, 0.15) is 16.1 Å². The van der Waals surface area contributed by atoms with E-state index in [2.05, 4.69) is 15.5 Å². The number of carbonyl (C=O) groups excluding carboxylic acids is 1. The van der Waals surface area contributed by atoms with Crippen LogP contribution in [-0.2, 0) is 19.5 Å². The third-order valence-electron chi connectivity index (χ3n) is 4.56. The van der Waals surface area contributed by atoms with Gasteiger partial charge in [0.25, 0.3) is 15.9 Å². The smallest absolute Gasteiger partial charge is 0.355 e. The van der Waals surface area contributed by atoms with E-state index < -0.39 is 15.8 Å². The number of nitrogens with zero attached hydrogens (tertiary/aromatic N) is 2. The summed E-state index contributed by atoms with van der Waals surface area (Å²) in [5.74, 6) is -3.07. The van der Waals surface area contributed by atoms with Gasteiger partial charge in [-0.3, -0.25) is 9.52 Å². The molecule has 0 atom stereocenters. The highest BCUT2D eigenvalue weighted by Gasteiger charge is 2.23. The number of hydrazone groups is 1. The normalized spacial score (nSPS) is 13.3. The van der Waals surface area contributed by atoms with Gasteiger partial charge < -0.3 is 14.5 Å². The van der Waals surface area contributed by atoms with Gasteiger partial charge in [-0.1, -0.05) is 24.3 Å². The number of aromatic amines is 1. The monoisotopic (exact) mass is 507 g/mol. The Balaban J connectivity index is 0.000000225. The van der Waals surface area contributed by atoms with Crippen LogP contribution in [-0.4, -0.2) is 50.3 Å². The zero-order valence-corrected chi connectivity index (χ0v) is 19.8. The number of hydrogen-bond donors (Lipinski definition) is 3. The second-order valence-corrected chi connectivity index (χ2v) is 8.76. The summed E-state index contributed by atoms with van der Waals surface area (Å²) >= 11 is 0. The molecular formula is C22H23F2N5O5S. The Morgan fingerprint density at radius 2 is 1.80 bits per heavy atom. The maximum atomic E-state index is 12.6. The van der Waals surface area contributed by atoms with Crippen LogP contribution in [0.25, 0.3) is 10.9 Å². The second-order valence-electron chi connectivity index (χ2n) is 7.11. The molecule has 1 aromatic heterocycles. The molecule has 1 aliphatic rings. The van der Waals surface area contributed by atoms with Crippen molar-refractivity contribution in [3.8, 4) is 0 Å². The molecule has 0 unspecified atom stereocenters. The fourth-order valence-corrected chi connectivity index (χ4v) is 3.50. The number of ether oxygens (including phenoxy) is 2. The summed E-state index contributed by atoms with van der Waals surface area (Å²) in [7, 11) is -1.56. The van der Waals surface area contributed by atoms with E-state index in [0.29, 0.717) is 11.4 Å². The van der Waals surface area contributed by atoms with Crippen LogP contribution in [0.4, 0.5) is 14.5 Å². The summed E-state index contributed by atoms with van der Waals surface area (Å²) in [5, 5.41) is 6.21. The highest BCUT2D eigenvalue weighted by molar-refractivity contribution is 7.93. The van der Waals surface area contributed by atoms with E-state index in [1.807, 2.05) is 19.1 Å². The molecule has 186 valence electrons. The molecule has 0 fully saturated rings. The maximum Gasteiger partial charge on any atom is 0.355 e. The lowest BCUT2D eigenvalue weighted by atomic mass is 10.1. The van der Waals surface area contributed by atoms with Crippen molar-refractivity contribution in [2.24, 2.45) is 5.10 Å². The molecule has 0 bridgehead atoms. The van der Waals surface area contributed by atoms with Crippen molar-refractivity contribution in [1.82, 2.24) is 15.5 Å². The zero-order valence-electron chi connectivity index (χ0n) is 19.0. The van der Waals surface area contributed by atoms with Gasteiger partial charge in [0.15, 0.2) is 0 Å². The van der Waals surface area contributed by atoms with Crippen molar-refractivity contribution in [2.45, 2.75) is 12.7 Å². The quantitative estimate of drug-likeness (QED) is 0.485. The summed E-state index contributed by atoms with van der Waals surface area (Å²) in [4.78, 5) is 15.8. The van der Waals surface area contributed by atoms with Crippen LogP contribution in [0, 0.1) is 6.92 Å². The number of H-pyrrole nitrogens is 1. The molecule has 10 nitrogen and oxygen atoms in total. The maximum absolute atomic E-state index is 12.6. The number of methoxy groups -OCH3 is 2. The number of amides is 1. The van der Waals surface area contributed by atoms with Crippen molar-refractivity contribution in [3.63, 3.8) is 0 Å². The van der Waals surface area contributed by atoms with E-state index in [1.54, 1.807) is 41.1 Å². The lowest BCUT2D eigenvalue weighted by Crippen LogP contribution is -2.42. The minimum atomic E-state index is -4.53. The summed E-state index contributed by atoms with van der Waals surface area (Å²) in [5.41, 5.74) is 5.33. The zero-order chi connectivity index (χ0) is 25.6. The van der Waals surface area contributed by atoms with Gasteiger partial charge in [-0.25, -0.2) is 13.8 Å². The number of alkyl halides is 2. The average Bonchev–Trinajstić information content (AvgIpc) is 3.23. The van der Waals surface area contributed by atoms with E-state index in [9.17, 15) is 22.0 Å². The Hall–Kier alpha value is -4.13. The number of anilines is 1. The molecular weight excluding hydrogens is 484 g/mol. The number of hydrazine groups is 1. The number of rotatable bonds is 5. The third kappa shape index (κ3) is 6.47. The predicted octanol–water partition coefficient (Wildman–Crippen LogP) is 3.54. The molecule has 0 radical (unpaired) electrons. The highest BCUT2D eigenvalue weighted by Crippen LogP contribution is 2.18. The van der Waals surface area contributed by atoms with Crippen molar-refractivity contribution in [2.75, 3.05) is 18.9 Å². The first-order chi connectivity index (χ1) is 16.6. The molecule has 0 saturated carbocycles. The highest BCUT2D eigenvalue weighted by atomic mass is 32.2. The van der Waals surface area contributed by atoms with Gasteiger partial charge in [0.05, 0.1) is 20.3 Å². The van der Waals surface area contributed by atoms with Gasteiger partial charge in [0, 0.05) is 22.5 Å². The lowest BCUT2D eigenvalue weighted by Gasteiger charge is -2.23. The minimum Gasteiger partial charge on any atom is -0.481 e. The molecule has 1 aliphatic heterocycles. The van der Waals surface area contributed by atoms with Gasteiger partial charge in [-0.05, 0) is 42.6 Å². The predicted molar refractivity (Wildman–Crippen MR) is 127 cm³/mol. The Morgan fingerprint density at radius 1 is 1.09 bits per heavy atom. The summed E-state index contributed by atoms with van der Waals surface area (Å²) in [6.45, 7) is 1.97. The number of fused-ring (bicyclic) bond motifs is 1. The molecule has 2 heterocycles. The number of nitrogens with one attached hydrogen (secondary N) is 3. The van der Waals surface area contributed by atoms with Gasteiger partial charge in [-0.2, -0.15) is 8.78 Å². The number of carbonyl (C=O) groups is 1. The number of halogens is 2. The molecule has 2 aromatic carbocycles. The average molecular weight is 508 g/mol. The van der Waals surface area contributed by atoms with Crippen molar-refractivity contribution >= 4 is 38.4 Å². The number of benzene rings is 2. The molecule has 3 N–H and O–H groups in total. The topological polar surface area (TPSA) is 125 Å². The van der Waals surface area contributed by atoms with Crippen molar-refractivity contribution < 1.29 is 31.5 Å². The first-order valence-electron chi connectivity index (χ1n) is 10.1. The Bertz CT molecular complexity index is 1360. The van der Waals surface area contributed by atoms with Gasteiger partial charge in [0.1, 0.15) is 0 Å². The summed E-state index contributed by atoms with van der Waals surface area (Å²) < 4.78 is 56.9. The van der Waals surface area contributed by atoms with E-state index in [-0.39, 0.29) is 17.5 Å². The molecule has 35 heavy (non-hydrogen) atoms. The Kier molecular flexibility index (Phi) is 7.91. The van der Waals surface area contributed by atoms with Gasteiger partial charge in [0.2, 0.25) is 11.8 Å². The van der Waals surface area contributed by atoms with Crippen LogP contribution in [0.15, 0.2) is 71.7 Å². The number of aromatic nitrogens is 1. The standard InChI is InChI=1S/C15H16N4O3.C7H7F2NO2S/c1-9-6-10-4-5-11(7-12(10)16-9)15(20)19-17-13(21-2)8-14(18-19)22-3;8-7(9)13(11,12)10-6-4-2-1-3-5-6/h4-8,16-17H,1-3H3;1-5,7,10H. The number of aryl methyl sites for hydroxylation is 1. The summed E-state index contributed by atoms with van der Waals surface area (Å²) in [6, 6.07) is 15.0. The van der Waals surface area contributed by atoms with Gasteiger partial charge >= 0.3 is 5.76 Å². The molecule has 3 aromatic rings. The van der Waals surface area contributed by atoms with E-state index in [4.69, 9.17) is 9.47 Å². The van der Waals surface area contributed by atoms with Crippen LogP contribution >= 0.6 is 0 Å². The minimum absolute atomic E-state index is 0.128. The summed E-state index contributed by atoms with van der Waals surface area (Å²) in [6.07, 6.45) is 1.56. The Labute approximate surface area is 200 Å². The van der Waals surface area contributed by atoms with E-state index >= 15 is 0 Å². The second kappa shape index (κ2) is 10.9. The number of para-hydroxylation sites is 1. The Morgan fingerprint density at radius 3 is 2.43 bits per heavy atom. The molecule has 4 rings (SSSR count). The van der Waals surface area contributed by atoms with Crippen LogP contribution in [0.3, 0.4) is 0 Å².